The SMILES string of the molecule is CCC1CCN(c2nc(C)cc(C)c2CNCC(C)C)C1. The Bertz CT molecular complexity index is 468. The average molecular weight is 289 g/mol. The van der Waals surface area contributed by atoms with Gasteiger partial charge in [0, 0.05) is 30.9 Å². The van der Waals surface area contributed by atoms with Crippen LogP contribution in [-0.2, 0) is 6.54 Å². The fraction of sp³-hybridized carbons (Fsp3) is 0.722. The zero-order valence-electron chi connectivity index (χ0n) is 14.4. The molecule has 21 heavy (non-hydrogen) atoms. The number of rotatable bonds is 6. The molecule has 0 spiro atoms. The maximum Gasteiger partial charge on any atom is 0.133 e. The third kappa shape index (κ3) is 4.19. The Balaban J connectivity index is 2.18. The summed E-state index contributed by atoms with van der Waals surface area (Å²) in [5.74, 6) is 2.74. The molecule has 1 unspecified atom stereocenters. The fourth-order valence-corrected chi connectivity index (χ4v) is 3.17. The largest absolute Gasteiger partial charge is 0.356 e. The van der Waals surface area contributed by atoms with E-state index in [0.717, 1.165) is 31.2 Å². The number of hydrogen-bond donors (Lipinski definition) is 1. The van der Waals surface area contributed by atoms with Gasteiger partial charge in [-0.05, 0) is 50.3 Å². The number of nitrogens with one attached hydrogen (secondary N) is 1. The van der Waals surface area contributed by atoms with Gasteiger partial charge in [0.15, 0.2) is 0 Å². The van der Waals surface area contributed by atoms with Gasteiger partial charge < -0.3 is 10.2 Å². The normalized spacial score (nSPS) is 18.8. The van der Waals surface area contributed by atoms with Crippen molar-refractivity contribution in [2.45, 2.75) is 54.0 Å². The van der Waals surface area contributed by atoms with Gasteiger partial charge in [0.05, 0.1) is 0 Å². The molecule has 0 amide bonds. The minimum atomic E-state index is 0.684. The fourth-order valence-electron chi connectivity index (χ4n) is 3.17. The molecule has 1 atom stereocenters. The van der Waals surface area contributed by atoms with Crippen molar-refractivity contribution in [2.75, 3.05) is 24.5 Å². The van der Waals surface area contributed by atoms with Crippen molar-refractivity contribution >= 4 is 5.82 Å². The Morgan fingerprint density at radius 2 is 2.14 bits per heavy atom. The highest BCUT2D eigenvalue weighted by molar-refractivity contribution is 5.52. The van der Waals surface area contributed by atoms with Crippen molar-refractivity contribution in [3.8, 4) is 0 Å². The highest BCUT2D eigenvalue weighted by atomic mass is 15.2. The Hall–Kier alpha value is -1.09. The summed E-state index contributed by atoms with van der Waals surface area (Å²) in [7, 11) is 0. The molecule has 1 aromatic heterocycles. The molecular weight excluding hydrogens is 258 g/mol. The van der Waals surface area contributed by atoms with E-state index < -0.39 is 0 Å². The van der Waals surface area contributed by atoms with Crippen LogP contribution >= 0.6 is 0 Å². The summed E-state index contributed by atoms with van der Waals surface area (Å²) in [4.78, 5) is 7.37. The van der Waals surface area contributed by atoms with Crippen LogP contribution in [0.15, 0.2) is 6.07 Å². The number of pyridine rings is 1. The number of aryl methyl sites for hydroxylation is 2. The lowest BCUT2D eigenvalue weighted by Crippen LogP contribution is -2.26. The summed E-state index contributed by atoms with van der Waals surface area (Å²) in [5.41, 5.74) is 3.89. The van der Waals surface area contributed by atoms with Crippen LogP contribution in [0.25, 0.3) is 0 Å². The van der Waals surface area contributed by atoms with E-state index in [-0.39, 0.29) is 0 Å². The molecule has 1 saturated heterocycles. The second-order valence-corrected chi connectivity index (χ2v) is 6.92. The van der Waals surface area contributed by atoms with Crippen molar-refractivity contribution in [1.29, 1.82) is 0 Å². The van der Waals surface area contributed by atoms with Gasteiger partial charge in [-0.1, -0.05) is 27.2 Å². The number of anilines is 1. The molecule has 1 aliphatic rings. The Kier molecular flexibility index (Phi) is 5.63. The van der Waals surface area contributed by atoms with Gasteiger partial charge in [0.1, 0.15) is 5.82 Å². The molecule has 0 saturated carbocycles. The molecule has 0 aliphatic carbocycles. The Morgan fingerprint density at radius 1 is 1.38 bits per heavy atom. The minimum absolute atomic E-state index is 0.684. The summed E-state index contributed by atoms with van der Waals surface area (Å²) in [6.45, 7) is 15.4. The van der Waals surface area contributed by atoms with Crippen molar-refractivity contribution in [2.24, 2.45) is 11.8 Å². The second-order valence-electron chi connectivity index (χ2n) is 6.92. The molecule has 0 aromatic carbocycles. The molecule has 3 heteroatoms. The molecule has 0 radical (unpaired) electrons. The van der Waals surface area contributed by atoms with Gasteiger partial charge in [0.25, 0.3) is 0 Å². The lowest BCUT2D eigenvalue weighted by atomic mass is 10.1. The van der Waals surface area contributed by atoms with Crippen molar-refractivity contribution in [3.63, 3.8) is 0 Å². The van der Waals surface area contributed by atoms with Crippen molar-refractivity contribution < 1.29 is 0 Å². The van der Waals surface area contributed by atoms with E-state index in [2.05, 4.69) is 50.9 Å². The molecule has 0 bridgehead atoms. The maximum absolute atomic E-state index is 4.87. The first-order valence-electron chi connectivity index (χ1n) is 8.44. The molecule has 2 heterocycles. The predicted molar refractivity (Wildman–Crippen MR) is 90.9 cm³/mol. The summed E-state index contributed by atoms with van der Waals surface area (Å²) in [6, 6.07) is 2.21. The van der Waals surface area contributed by atoms with Crippen LogP contribution in [0, 0.1) is 25.7 Å². The van der Waals surface area contributed by atoms with Gasteiger partial charge in [-0.2, -0.15) is 0 Å². The number of hydrogen-bond acceptors (Lipinski definition) is 3. The van der Waals surface area contributed by atoms with Crippen LogP contribution in [0.5, 0.6) is 0 Å². The lowest BCUT2D eigenvalue weighted by Gasteiger charge is -2.23. The van der Waals surface area contributed by atoms with Crippen LogP contribution in [0.3, 0.4) is 0 Å². The first-order chi connectivity index (χ1) is 10.0. The highest BCUT2D eigenvalue weighted by Gasteiger charge is 2.24. The van der Waals surface area contributed by atoms with E-state index in [1.54, 1.807) is 0 Å². The van der Waals surface area contributed by atoms with Crippen LogP contribution in [0.1, 0.15) is 50.4 Å². The lowest BCUT2D eigenvalue weighted by molar-refractivity contribution is 0.550. The summed E-state index contributed by atoms with van der Waals surface area (Å²) in [6.07, 6.45) is 2.59. The quantitative estimate of drug-likeness (QED) is 0.866. The van der Waals surface area contributed by atoms with Gasteiger partial charge >= 0.3 is 0 Å². The number of nitrogens with zero attached hydrogens (tertiary/aromatic N) is 2. The molecular formula is C18H31N3. The molecule has 1 aliphatic heterocycles. The second kappa shape index (κ2) is 7.26. The first-order valence-corrected chi connectivity index (χ1v) is 8.44. The first kappa shape index (κ1) is 16.3. The van der Waals surface area contributed by atoms with Gasteiger partial charge in [-0.25, -0.2) is 4.98 Å². The maximum atomic E-state index is 4.87. The molecule has 1 aromatic rings. The van der Waals surface area contributed by atoms with Crippen LogP contribution in [0.2, 0.25) is 0 Å². The third-order valence-corrected chi connectivity index (χ3v) is 4.47. The average Bonchev–Trinajstić information content (AvgIpc) is 2.89. The smallest absolute Gasteiger partial charge is 0.133 e. The summed E-state index contributed by atoms with van der Waals surface area (Å²) < 4.78 is 0. The highest BCUT2D eigenvalue weighted by Crippen LogP contribution is 2.29. The number of aromatic nitrogens is 1. The van der Waals surface area contributed by atoms with Gasteiger partial charge in [0.2, 0.25) is 0 Å². The zero-order valence-corrected chi connectivity index (χ0v) is 14.4. The molecule has 1 fully saturated rings. The third-order valence-electron chi connectivity index (χ3n) is 4.47. The molecule has 2 rings (SSSR count). The monoisotopic (exact) mass is 289 g/mol. The van der Waals surface area contributed by atoms with Crippen LogP contribution < -0.4 is 10.2 Å². The van der Waals surface area contributed by atoms with Crippen LogP contribution in [-0.4, -0.2) is 24.6 Å². The Labute approximate surface area is 130 Å². The molecule has 118 valence electrons. The summed E-state index contributed by atoms with van der Waals surface area (Å²) in [5, 5.41) is 3.58. The van der Waals surface area contributed by atoms with E-state index >= 15 is 0 Å². The predicted octanol–water partition coefficient (Wildman–Crippen LogP) is 3.68. The van der Waals surface area contributed by atoms with Crippen LogP contribution in [0.4, 0.5) is 5.82 Å². The molecule has 3 nitrogen and oxygen atoms in total. The van der Waals surface area contributed by atoms with E-state index in [1.165, 1.54) is 36.3 Å². The topological polar surface area (TPSA) is 28.2 Å². The van der Waals surface area contributed by atoms with Gasteiger partial charge in [-0.15, -0.1) is 0 Å². The van der Waals surface area contributed by atoms with Gasteiger partial charge in [-0.3, -0.25) is 0 Å². The minimum Gasteiger partial charge on any atom is -0.356 e. The summed E-state index contributed by atoms with van der Waals surface area (Å²) >= 11 is 0. The van der Waals surface area contributed by atoms with Crippen molar-refractivity contribution in [1.82, 2.24) is 10.3 Å². The standard InChI is InChI=1S/C18H31N3/c1-6-16-7-8-21(12-16)18-17(11-19-10-13(2)3)14(4)9-15(5)20-18/h9,13,16,19H,6-8,10-12H2,1-5H3. The van der Waals surface area contributed by atoms with E-state index in [4.69, 9.17) is 4.98 Å². The van der Waals surface area contributed by atoms with E-state index in [0.29, 0.717) is 5.92 Å². The van der Waals surface area contributed by atoms with E-state index in [9.17, 15) is 0 Å². The van der Waals surface area contributed by atoms with E-state index in [1.807, 2.05) is 0 Å². The van der Waals surface area contributed by atoms with Crippen molar-refractivity contribution in [3.05, 3.63) is 22.9 Å². The zero-order chi connectivity index (χ0) is 15.4. The Morgan fingerprint density at radius 3 is 2.76 bits per heavy atom. The molecule has 1 N–H and O–H groups in total.